The zero-order chi connectivity index (χ0) is 16.9. The SMILES string of the molecule is CCO[C](=[W])c1nnn(Cc2ccccc2Cl)c1-c1ccccc1. The summed E-state index contributed by atoms with van der Waals surface area (Å²) in [7, 11) is 0. The molecule has 0 unspecified atom stereocenters. The van der Waals surface area contributed by atoms with Crippen LogP contribution in [0.1, 0.15) is 18.2 Å². The van der Waals surface area contributed by atoms with E-state index >= 15 is 0 Å². The van der Waals surface area contributed by atoms with Crippen LogP contribution in [0.3, 0.4) is 0 Å². The van der Waals surface area contributed by atoms with Gasteiger partial charge in [0.15, 0.2) is 0 Å². The summed E-state index contributed by atoms with van der Waals surface area (Å²) in [5.74, 6) is 0. The second kappa shape index (κ2) is 7.98. The van der Waals surface area contributed by atoms with Crippen LogP contribution in [0.25, 0.3) is 11.3 Å². The third-order valence-electron chi connectivity index (χ3n) is 3.53. The second-order valence-electron chi connectivity index (χ2n) is 5.12. The molecule has 0 atom stereocenters. The first-order valence-electron chi connectivity index (χ1n) is 7.60. The van der Waals surface area contributed by atoms with Crippen molar-refractivity contribution in [1.82, 2.24) is 15.0 Å². The molecule has 1 heterocycles. The fourth-order valence-electron chi connectivity index (χ4n) is 2.43. The van der Waals surface area contributed by atoms with E-state index in [2.05, 4.69) is 22.4 Å². The van der Waals surface area contributed by atoms with Gasteiger partial charge in [-0.15, -0.1) is 0 Å². The van der Waals surface area contributed by atoms with Gasteiger partial charge >= 0.3 is 157 Å². The van der Waals surface area contributed by atoms with Crippen molar-refractivity contribution in [1.29, 1.82) is 0 Å². The Balaban J connectivity index is 2.06. The molecule has 0 bridgehead atoms. The van der Waals surface area contributed by atoms with Gasteiger partial charge in [0.05, 0.1) is 0 Å². The van der Waals surface area contributed by atoms with Crippen LogP contribution in [0.15, 0.2) is 54.6 Å². The van der Waals surface area contributed by atoms with E-state index in [1.165, 1.54) is 19.4 Å². The van der Waals surface area contributed by atoms with Crippen molar-refractivity contribution in [2.75, 3.05) is 6.61 Å². The van der Waals surface area contributed by atoms with Gasteiger partial charge in [-0.25, -0.2) is 0 Å². The van der Waals surface area contributed by atoms with Crippen molar-refractivity contribution < 1.29 is 24.1 Å². The monoisotopic (exact) mass is 509 g/mol. The van der Waals surface area contributed by atoms with Crippen molar-refractivity contribution in [3.63, 3.8) is 0 Å². The Morgan fingerprint density at radius 1 is 1.12 bits per heavy atom. The minimum atomic E-state index is 0.561. The average molecular weight is 510 g/mol. The summed E-state index contributed by atoms with van der Waals surface area (Å²) in [4.78, 5) is 0. The van der Waals surface area contributed by atoms with Crippen LogP contribution < -0.4 is 0 Å². The van der Waals surface area contributed by atoms with E-state index < -0.39 is 0 Å². The number of aromatic nitrogens is 3. The number of benzene rings is 2. The van der Waals surface area contributed by atoms with E-state index in [1.54, 1.807) is 0 Å². The van der Waals surface area contributed by atoms with Gasteiger partial charge in [0.2, 0.25) is 0 Å². The molecule has 1 aromatic heterocycles. The van der Waals surface area contributed by atoms with Gasteiger partial charge in [-0.2, -0.15) is 0 Å². The molecule has 0 aliphatic rings. The first-order chi connectivity index (χ1) is 11.7. The summed E-state index contributed by atoms with van der Waals surface area (Å²) in [6.07, 6.45) is 0. The Morgan fingerprint density at radius 3 is 2.54 bits per heavy atom. The minimum absolute atomic E-state index is 0.561. The van der Waals surface area contributed by atoms with Gasteiger partial charge in [-0.05, 0) is 0 Å². The van der Waals surface area contributed by atoms with Crippen LogP contribution >= 0.6 is 11.6 Å². The molecule has 0 aliphatic carbocycles. The van der Waals surface area contributed by atoms with Gasteiger partial charge in [-0.3, -0.25) is 0 Å². The fraction of sp³-hybridized carbons (Fsp3) is 0.167. The van der Waals surface area contributed by atoms with Crippen molar-refractivity contribution in [2.45, 2.75) is 13.5 Å². The zero-order valence-corrected chi connectivity index (χ0v) is 16.8. The third-order valence-corrected chi connectivity index (χ3v) is 5.02. The van der Waals surface area contributed by atoms with E-state index in [0.29, 0.717) is 13.2 Å². The molecule has 6 heteroatoms. The van der Waals surface area contributed by atoms with Crippen LogP contribution in [0.5, 0.6) is 0 Å². The van der Waals surface area contributed by atoms with Crippen LogP contribution in [-0.2, 0) is 30.6 Å². The summed E-state index contributed by atoms with van der Waals surface area (Å²) in [6, 6.07) is 17.9. The molecule has 2 aromatic carbocycles. The van der Waals surface area contributed by atoms with Crippen LogP contribution in [0.2, 0.25) is 5.02 Å². The van der Waals surface area contributed by atoms with Gasteiger partial charge < -0.3 is 0 Å². The Morgan fingerprint density at radius 2 is 1.83 bits per heavy atom. The van der Waals surface area contributed by atoms with E-state index in [0.717, 1.165) is 31.6 Å². The molecule has 0 N–H and O–H groups in total. The summed E-state index contributed by atoms with van der Waals surface area (Å²) in [5, 5.41) is 9.44. The number of halogens is 1. The maximum atomic E-state index is 6.30. The summed E-state index contributed by atoms with van der Waals surface area (Å²) in [5.41, 5.74) is 3.82. The Kier molecular flexibility index (Phi) is 5.72. The molecule has 0 saturated heterocycles. The second-order valence-corrected chi connectivity index (χ2v) is 6.86. The molecule has 0 aliphatic heterocycles. The van der Waals surface area contributed by atoms with Crippen molar-refractivity contribution in [3.05, 3.63) is 70.9 Å². The first-order valence-corrected chi connectivity index (χ1v) is 9.44. The predicted molar refractivity (Wildman–Crippen MR) is 91.7 cm³/mol. The summed E-state index contributed by atoms with van der Waals surface area (Å²) < 4.78 is 8.42. The van der Waals surface area contributed by atoms with Gasteiger partial charge in [-0.1, -0.05) is 0 Å². The molecular weight excluding hydrogens is 494 g/mol. The van der Waals surface area contributed by atoms with E-state index in [9.17, 15) is 0 Å². The molecule has 3 aromatic rings. The third kappa shape index (κ3) is 3.72. The quantitative estimate of drug-likeness (QED) is 0.509. The normalized spacial score (nSPS) is 10.8. The summed E-state index contributed by atoms with van der Waals surface area (Å²) >= 11 is 7.53. The first kappa shape index (κ1) is 17.2. The Hall–Kier alpha value is -1.61. The van der Waals surface area contributed by atoms with E-state index in [4.69, 9.17) is 16.3 Å². The number of hydrogen-bond donors (Lipinski definition) is 0. The molecule has 24 heavy (non-hydrogen) atoms. The number of hydrogen-bond acceptors (Lipinski definition) is 3. The van der Waals surface area contributed by atoms with Crippen LogP contribution in [0, 0.1) is 0 Å². The molecule has 0 fully saturated rings. The zero-order valence-electron chi connectivity index (χ0n) is 13.1. The molecule has 122 valence electrons. The molecule has 3 rings (SSSR count). The van der Waals surface area contributed by atoms with Gasteiger partial charge in [0, 0.05) is 0 Å². The molecule has 0 amide bonds. The molecular formula is C18H16ClN3OW. The van der Waals surface area contributed by atoms with Crippen LogP contribution in [-0.4, -0.2) is 25.7 Å². The van der Waals surface area contributed by atoms with E-state index in [1.807, 2.05) is 54.1 Å². The van der Waals surface area contributed by atoms with Crippen LogP contribution in [0.4, 0.5) is 0 Å². The Bertz CT molecular complexity index is 848. The molecule has 0 radical (unpaired) electrons. The number of ether oxygens (including phenoxy) is 1. The molecule has 0 spiro atoms. The van der Waals surface area contributed by atoms with E-state index in [-0.39, 0.29) is 0 Å². The fourth-order valence-corrected chi connectivity index (χ4v) is 3.54. The van der Waals surface area contributed by atoms with Crippen molar-refractivity contribution in [2.24, 2.45) is 0 Å². The van der Waals surface area contributed by atoms with Crippen molar-refractivity contribution >= 4 is 15.7 Å². The standard InChI is InChI=1S/C18H16ClN3O.W/c1-2-23-13-17-18(14-8-4-3-5-9-14)22(21-20-17)12-15-10-6-7-11-16(15)19;/h3-11H,2,12H2,1H3;. The predicted octanol–water partition coefficient (Wildman–Crippen LogP) is 3.71. The average Bonchev–Trinajstić information content (AvgIpc) is 3.02. The molecule has 0 saturated carbocycles. The van der Waals surface area contributed by atoms with Crippen molar-refractivity contribution in [3.8, 4) is 11.3 Å². The topological polar surface area (TPSA) is 39.9 Å². The summed E-state index contributed by atoms with van der Waals surface area (Å²) in [6.45, 7) is 3.15. The molecule has 4 nitrogen and oxygen atoms in total. The van der Waals surface area contributed by atoms with Gasteiger partial charge in [0.25, 0.3) is 0 Å². The van der Waals surface area contributed by atoms with Gasteiger partial charge in [0.1, 0.15) is 0 Å². The Labute approximate surface area is 156 Å². The number of nitrogens with zero attached hydrogens (tertiary/aromatic N) is 3. The maximum absolute atomic E-state index is 6.30. The number of rotatable bonds is 6.